The van der Waals surface area contributed by atoms with E-state index in [4.69, 9.17) is 0 Å². The van der Waals surface area contributed by atoms with Crippen molar-refractivity contribution in [2.45, 2.75) is 6.92 Å². The normalized spacial score (nSPS) is 11.2. The first kappa shape index (κ1) is 23.2. The fourth-order valence-electron chi connectivity index (χ4n) is 2.75. The second kappa shape index (κ2) is 10.6. The maximum Gasteiger partial charge on any atom is 0.319 e. The number of amides is 3. The minimum absolute atomic E-state index is 0.121. The molecule has 0 aliphatic rings. The predicted octanol–water partition coefficient (Wildman–Crippen LogP) is 3.23. The van der Waals surface area contributed by atoms with Crippen LogP contribution >= 0.6 is 0 Å². The molecule has 0 bridgehead atoms. The quantitative estimate of drug-likeness (QED) is 0.407. The Labute approximate surface area is 181 Å². The number of hydrogen-bond acceptors (Lipinski definition) is 4. The molecule has 0 spiro atoms. The Morgan fingerprint density at radius 2 is 1.90 bits per heavy atom. The number of H-pyrrole nitrogens is 1. The summed E-state index contributed by atoms with van der Waals surface area (Å²) in [5.41, 5.74) is 3.04. The van der Waals surface area contributed by atoms with Crippen LogP contribution in [0.5, 0.6) is 0 Å². The Morgan fingerprint density at radius 1 is 1.16 bits per heavy atom. The van der Waals surface area contributed by atoms with E-state index in [1.54, 1.807) is 36.5 Å². The smallest absolute Gasteiger partial charge is 0.319 e. The number of pyridine rings is 1. The molecule has 4 N–H and O–H groups in total. The van der Waals surface area contributed by atoms with E-state index in [-0.39, 0.29) is 11.6 Å². The van der Waals surface area contributed by atoms with Gasteiger partial charge in [-0.05, 0) is 48.5 Å². The maximum atomic E-state index is 12.7. The summed E-state index contributed by atoms with van der Waals surface area (Å²) in [5, 5.41) is 7.80. The van der Waals surface area contributed by atoms with Crippen molar-refractivity contribution >= 4 is 23.3 Å². The monoisotopic (exact) mass is 421 g/mol. The summed E-state index contributed by atoms with van der Waals surface area (Å²) < 4.78 is 0. The third-order valence-corrected chi connectivity index (χ3v) is 4.41. The van der Waals surface area contributed by atoms with Gasteiger partial charge in [-0.15, -0.1) is 0 Å². The number of carbonyl (C=O) groups is 2. The summed E-state index contributed by atoms with van der Waals surface area (Å²) >= 11 is 0. The number of nitrogens with one attached hydrogen (secondary N) is 4. The molecule has 0 atom stereocenters. The molecular weight excluding hydrogens is 394 g/mol. The highest BCUT2D eigenvalue weighted by Crippen LogP contribution is 2.29. The Balaban J connectivity index is 2.35. The fourth-order valence-corrected chi connectivity index (χ4v) is 2.75. The van der Waals surface area contributed by atoms with Gasteiger partial charge in [-0.1, -0.05) is 24.8 Å². The van der Waals surface area contributed by atoms with Crippen LogP contribution < -0.4 is 21.5 Å². The Bertz CT molecular complexity index is 1100. The van der Waals surface area contributed by atoms with Crippen molar-refractivity contribution in [3.8, 4) is 11.1 Å². The molecule has 8 nitrogen and oxygen atoms in total. The van der Waals surface area contributed by atoms with Crippen molar-refractivity contribution in [2.24, 2.45) is 0 Å². The molecule has 1 aromatic carbocycles. The first-order chi connectivity index (χ1) is 14.8. The van der Waals surface area contributed by atoms with E-state index in [1.165, 1.54) is 13.1 Å². The number of carbonyl (C=O) groups excluding carboxylic acids is 2. The largest absolute Gasteiger partial charge is 0.383 e. The molecule has 0 saturated heterocycles. The van der Waals surface area contributed by atoms with Crippen LogP contribution in [0.2, 0.25) is 0 Å². The third kappa shape index (κ3) is 6.20. The highest BCUT2D eigenvalue weighted by molar-refractivity contribution is 6.06. The minimum atomic E-state index is -0.493. The summed E-state index contributed by atoms with van der Waals surface area (Å²) in [6.07, 6.45) is 8.32. The van der Waals surface area contributed by atoms with E-state index < -0.39 is 11.6 Å². The van der Waals surface area contributed by atoms with Gasteiger partial charge in [-0.2, -0.15) is 0 Å². The van der Waals surface area contributed by atoms with Crippen molar-refractivity contribution in [2.75, 3.05) is 31.8 Å². The number of allylic oxidation sites excluding steroid dienone is 2. The molecular formula is C23H27N5O3. The average molecular weight is 422 g/mol. The van der Waals surface area contributed by atoms with Crippen LogP contribution in [0, 0.1) is 6.92 Å². The van der Waals surface area contributed by atoms with Gasteiger partial charge in [0, 0.05) is 44.2 Å². The van der Waals surface area contributed by atoms with Gasteiger partial charge in [0.25, 0.3) is 11.5 Å². The van der Waals surface area contributed by atoms with E-state index in [1.807, 2.05) is 38.2 Å². The molecule has 0 saturated carbocycles. The lowest BCUT2D eigenvalue weighted by atomic mass is 10.00. The van der Waals surface area contributed by atoms with Crippen LogP contribution in [0.4, 0.5) is 16.2 Å². The summed E-state index contributed by atoms with van der Waals surface area (Å²) in [5.74, 6) is -0.290. The van der Waals surface area contributed by atoms with Crippen molar-refractivity contribution in [3.63, 3.8) is 0 Å². The number of benzene rings is 1. The van der Waals surface area contributed by atoms with E-state index in [0.29, 0.717) is 16.8 Å². The molecule has 3 amide bonds. The first-order valence-corrected chi connectivity index (χ1v) is 9.57. The van der Waals surface area contributed by atoms with Gasteiger partial charge in [0.2, 0.25) is 0 Å². The molecule has 8 heteroatoms. The number of anilines is 2. The number of aromatic nitrogens is 1. The van der Waals surface area contributed by atoms with Gasteiger partial charge in [0.15, 0.2) is 0 Å². The highest BCUT2D eigenvalue weighted by atomic mass is 16.2. The van der Waals surface area contributed by atoms with Crippen molar-refractivity contribution in [1.29, 1.82) is 0 Å². The van der Waals surface area contributed by atoms with Crippen LogP contribution in [-0.4, -0.2) is 43.0 Å². The SMILES string of the molecule is C=C/C(=C\C=C\N(C)C)C(=O)Nc1cccc(-c2c[nH]c(=O)c(NC(=O)NC)c2)c1C. The molecule has 0 aliphatic carbocycles. The highest BCUT2D eigenvalue weighted by Gasteiger charge is 2.13. The van der Waals surface area contributed by atoms with Crippen molar-refractivity contribution < 1.29 is 9.59 Å². The maximum absolute atomic E-state index is 12.7. The molecule has 2 aromatic rings. The number of hydrogen-bond donors (Lipinski definition) is 4. The average Bonchev–Trinajstić information content (AvgIpc) is 2.74. The molecule has 0 aliphatic heterocycles. The van der Waals surface area contributed by atoms with Crippen molar-refractivity contribution in [3.05, 3.63) is 83.0 Å². The van der Waals surface area contributed by atoms with Gasteiger partial charge in [-0.3, -0.25) is 9.59 Å². The molecule has 0 unspecified atom stereocenters. The van der Waals surface area contributed by atoms with Gasteiger partial charge in [-0.25, -0.2) is 4.79 Å². The topological polar surface area (TPSA) is 106 Å². The lowest BCUT2D eigenvalue weighted by Gasteiger charge is -2.14. The summed E-state index contributed by atoms with van der Waals surface area (Å²) in [6.45, 7) is 5.57. The molecule has 1 heterocycles. The predicted molar refractivity (Wildman–Crippen MR) is 125 cm³/mol. The van der Waals surface area contributed by atoms with Crippen LogP contribution in [0.15, 0.2) is 71.8 Å². The lowest BCUT2D eigenvalue weighted by Crippen LogP contribution is -2.27. The standard InChI is InChI=1S/C23H27N5O3/c1-6-16(9-8-12-28(4)5)21(29)26-19-11-7-10-18(15(19)2)17-13-20(22(30)25-14-17)27-23(31)24-3/h6-14H,1H2,2-5H3,(H,25,30)(H,26,29)(H2,24,27,31)/b12-8+,16-9+. The Morgan fingerprint density at radius 3 is 2.55 bits per heavy atom. The molecule has 0 fully saturated rings. The van der Waals surface area contributed by atoms with Crippen LogP contribution in [0.1, 0.15) is 5.56 Å². The number of nitrogens with zero attached hydrogens (tertiary/aromatic N) is 1. The second-order valence-electron chi connectivity index (χ2n) is 6.90. The van der Waals surface area contributed by atoms with Gasteiger partial charge in [0.1, 0.15) is 5.69 Å². The zero-order valence-corrected chi connectivity index (χ0v) is 18.1. The lowest BCUT2D eigenvalue weighted by molar-refractivity contribution is -0.112. The number of aromatic amines is 1. The molecule has 2 rings (SSSR count). The molecule has 0 radical (unpaired) electrons. The summed E-state index contributed by atoms with van der Waals surface area (Å²) in [4.78, 5) is 40.8. The second-order valence-corrected chi connectivity index (χ2v) is 6.90. The molecule has 1 aromatic heterocycles. The van der Waals surface area contributed by atoms with E-state index in [2.05, 4.69) is 27.5 Å². The zero-order chi connectivity index (χ0) is 23.0. The van der Waals surface area contributed by atoms with Crippen LogP contribution in [0.3, 0.4) is 0 Å². The zero-order valence-electron chi connectivity index (χ0n) is 18.1. The van der Waals surface area contributed by atoms with E-state index in [9.17, 15) is 14.4 Å². The number of urea groups is 1. The summed E-state index contributed by atoms with van der Waals surface area (Å²) in [7, 11) is 5.24. The summed E-state index contributed by atoms with van der Waals surface area (Å²) in [6, 6.07) is 6.56. The van der Waals surface area contributed by atoms with Crippen LogP contribution in [-0.2, 0) is 4.79 Å². The Kier molecular flexibility index (Phi) is 7.96. The van der Waals surface area contributed by atoms with Gasteiger partial charge < -0.3 is 25.8 Å². The van der Waals surface area contributed by atoms with E-state index in [0.717, 1.165) is 11.1 Å². The van der Waals surface area contributed by atoms with Gasteiger partial charge in [0.05, 0.1) is 0 Å². The fraction of sp³-hybridized carbons (Fsp3) is 0.174. The molecule has 162 valence electrons. The Hall–Kier alpha value is -4.07. The third-order valence-electron chi connectivity index (χ3n) is 4.41. The minimum Gasteiger partial charge on any atom is -0.383 e. The van der Waals surface area contributed by atoms with E-state index >= 15 is 0 Å². The van der Waals surface area contributed by atoms with Crippen molar-refractivity contribution in [1.82, 2.24) is 15.2 Å². The van der Waals surface area contributed by atoms with Crippen LogP contribution in [0.25, 0.3) is 11.1 Å². The number of rotatable bonds is 7. The first-order valence-electron chi connectivity index (χ1n) is 9.57. The molecule has 31 heavy (non-hydrogen) atoms. The van der Waals surface area contributed by atoms with Gasteiger partial charge >= 0.3 is 6.03 Å².